The second-order valence-electron chi connectivity index (χ2n) is 5.47. The molecule has 0 radical (unpaired) electrons. The van der Waals surface area contributed by atoms with Crippen LogP contribution in [0.5, 0.6) is 0 Å². The minimum absolute atomic E-state index is 0.233. The van der Waals surface area contributed by atoms with Gasteiger partial charge in [-0.05, 0) is 17.5 Å². The molecule has 1 fully saturated rings. The van der Waals surface area contributed by atoms with Crippen LogP contribution in [0.2, 0.25) is 0 Å². The van der Waals surface area contributed by atoms with Crippen molar-refractivity contribution in [3.05, 3.63) is 35.4 Å². The summed E-state index contributed by atoms with van der Waals surface area (Å²) in [5.74, 6) is 2.58. The van der Waals surface area contributed by atoms with Crippen LogP contribution in [0.15, 0.2) is 24.3 Å². The third-order valence-electron chi connectivity index (χ3n) is 4.13. The van der Waals surface area contributed by atoms with Gasteiger partial charge in [0.05, 0.1) is 12.7 Å². The zero-order valence-electron chi connectivity index (χ0n) is 12.0. The number of ether oxygens (including phenoxy) is 1. The van der Waals surface area contributed by atoms with E-state index < -0.39 is 0 Å². The zero-order chi connectivity index (χ0) is 13.6. The molecule has 1 aromatic carbocycles. The molecule has 4 heteroatoms. The number of hydrogen-bond donors (Lipinski definition) is 1. The second kappa shape index (κ2) is 7.46. The lowest BCUT2D eigenvalue weighted by Crippen LogP contribution is -2.39. The van der Waals surface area contributed by atoms with E-state index in [1.54, 1.807) is 0 Å². The van der Waals surface area contributed by atoms with Crippen molar-refractivity contribution in [1.82, 2.24) is 10.2 Å². The van der Waals surface area contributed by atoms with Crippen molar-refractivity contribution in [1.29, 1.82) is 0 Å². The van der Waals surface area contributed by atoms with E-state index in [1.165, 1.54) is 35.7 Å². The Morgan fingerprint density at radius 3 is 3.00 bits per heavy atom. The Kier molecular flexibility index (Phi) is 5.36. The normalized spacial score (nSPS) is 23.5. The molecule has 2 aliphatic heterocycles. The maximum Gasteiger partial charge on any atom is 0.0952 e. The molecule has 110 valence electrons. The predicted octanol–water partition coefficient (Wildman–Crippen LogP) is 1.94. The molecule has 0 bridgehead atoms. The highest BCUT2D eigenvalue weighted by atomic mass is 32.2. The van der Waals surface area contributed by atoms with Crippen LogP contribution in [0.4, 0.5) is 0 Å². The van der Waals surface area contributed by atoms with Crippen LogP contribution in [0.1, 0.15) is 17.2 Å². The molecule has 2 heterocycles. The first-order valence-electron chi connectivity index (χ1n) is 7.64. The third kappa shape index (κ3) is 3.76. The van der Waals surface area contributed by atoms with E-state index in [-0.39, 0.29) is 6.10 Å². The molecule has 1 saturated heterocycles. The number of thioether (sulfide) groups is 1. The average Bonchev–Trinajstić information content (AvgIpc) is 2.53. The van der Waals surface area contributed by atoms with Crippen LogP contribution in [0.25, 0.3) is 0 Å². The predicted molar refractivity (Wildman–Crippen MR) is 85.5 cm³/mol. The Balaban J connectivity index is 1.43. The number of nitrogens with one attached hydrogen (secondary N) is 1. The minimum atomic E-state index is 0.233. The molecule has 1 unspecified atom stereocenters. The van der Waals surface area contributed by atoms with E-state index in [2.05, 4.69) is 46.2 Å². The van der Waals surface area contributed by atoms with Crippen molar-refractivity contribution < 1.29 is 4.74 Å². The summed E-state index contributed by atoms with van der Waals surface area (Å²) in [6.07, 6.45) is 1.29. The van der Waals surface area contributed by atoms with E-state index in [9.17, 15) is 0 Å². The molecule has 1 N–H and O–H groups in total. The van der Waals surface area contributed by atoms with Gasteiger partial charge < -0.3 is 15.0 Å². The van der Waals surface area contributed by atoms with Gasteiger partial charge in [-0.15, -0.1) is 0 Å². The first-order valence-corrected chi connectivity index (χ1v) is 8.79. The van der Waals surface area contributed by atoms with Gasteiger partial charge in [0, 0.05) is 44.2 Å². The van der Waals surface area contributed by atoms with Crippen molar-refractivity contribution in [3.8, 4) is 0 Å². The summed E-state index contributed by atoms with van der Waals surface area (Å²) in [6.45, 7) is 6.50. The number of benzene rings is 1. The molecular formula is C16H24N2OS. The van der Waals surface area contributed by atoms with Crippen molar-refractivity contribution in [2.45, 2.75) is 12.5 Å². The van der Waals surface area contributed by atoms with Crippen molar-refractivity contribution in [2.75, 3.05) is 50.8 Å². The lowest BCUT2D eigenvalue weighted by molar-refractivity contribution is 0.0423. The molecule has 2 aliphatic rings. The first kappa shape index (κ1) is 14.4. The van der Waals surface area contributed by atoms with Crippen LogP contribution in [0.3, 0.4) is 0 Å². The number of fused-ring (bicyclic) bond motifs is 1. The van der Waals surface area contributed by atoms with Crippen LogP contribution in [-0.4, -0.2) is 55.7 Å². The van der Waals surface area contributed by atoms with Gasteiger partial charge in [-0.1, -0.05) is 24.3 Å². The molecule has 0 amide bonds. The molecule has 1 aromatic rings. The van der Waals surface area contributed by atoms with E-state index in [4.69, 9.17) is 4.74 Å². The number of nitrogens with zero attached hydrogens (tertiary/aromatic N) is 1. The van der Waals surface area contributed by atoms with Gasteiger partial charge in [0.25, 0.3) is 0 Å². The van der Waals surface area contributed by atoms with Gasteiger partial charge in [-0.2, -0.15) is 11.8 Å². The van der Waals surface area contributed by atoms with Gasteiger partial charge in [0.2, 0.25) is 0 Å². The van der Waals surface area contributed by atoms with Gasteiger partial charge in [-0.25, -0.2) is 0 Å². The molecule has 3 nitrogen and oxygen atoms in total. The van der Waals surface area contributed by atoms with E-state index in [1.807, 2.05) is 0 Å². The Hall–Kier alpha value is -0.550. The summed E-state index contributed by atoms with van der Waals surface area (Å²) in [5, 5.41) is 3.57. The molecule has 0 saturated carbocycles. The molecule has 20 heavy (non-hydrogen) atoms. The van der Waals surface area contributed by atoms with Crippen molar-refractivity contribution in [3.63, 3.8) is 0 Å². The molecule has 3 rings (SSSR count). The fraction of sp³-hybridized carbons (Fsp3) is 0.625. The Morgan fingerprint density at radius 1 is 1.25 bits per heavy atom. The van der Waals surface area contributed by atoms with Crippen molar-refractivity contribution in [2.24, 2.45) is 0 Å². The van der Waals surface area contributed by atoms with E-state index in [0.29, 0.717) is 0 Å². The van der Waals surface area contributed by atoms with Crippen LogP contribution in [-0.2, 0) is 11.2 Å². The molecule has 1 atom stereocenters. The smallest absolute Gasteiger partial charge is 0.0952 e. The van der Waals surface area contributed by atoms with E-state index >= 15 is 0 Å². The summed E-state index contributed by atoms with van der Waals surface area (Å²) in [5.41, 5.74) is 2.83. The van der Waals surface area contributed by atoms with Crippen LogP contribution >= 0.6 is 11.8 Å². The number of rotatable bonds is 5. The second-order valence-corrected chi connectivity index (χ2v) is 6.69. The topological polar surface area (TPSA) is 24.5 Å². The van der Waals surface area contributed by atoms with Crippen molar-refractivity contribution >= 4 is 11.8 Å². The highest BCUT2D eigenvalue weighted by Crippen LogP contribution is 2.26. The first-order chi connectivity index (χ1) is 9.93. The average molecular weight is 292 g/mol. The standard InChI is InChI=1S/C16H24N2OS/c1-2-4-15-14(3-1)5-10-19-16(15)13-17-6-7-18-8-11-20-12-9-18/h1-4,16-17H,5-13H2. The minimum Gasteiger partial charge on any atom is -0.372 e. The maximum atomic E-state index is 5.92. The Bertz CT molecular complexity index is 421. The number of hydrogen-bond acceptors (Lipinski definition) is 4. The van der Waals surface area contributed by atoms with Crippen LogP contribution in [0, 0.1) is 0 Å². The Labute approximate surface area is 126 Å². The summed E-state index contributed by atoms with van der Waals surface area (Å²) in [6, 6.07) is 8.69. The highest BCUT2D eigenvalue weighted by Gasteiger charge is 2.19. The monoisotopic (exact) mass is 292 g/mol. The van der Waals surface area contributed by atoms with Gasteiger partial charge in [0.1, 0.15) is 0 Å². The molecule has 0 aromatic heterocycles. The third-order valence-corrected chi connectivity index (χ3v) is 5.07. The summed E-state index contributed by atoms with van der Waals surface area (Å²) in [7, 11) is 0. The fourth-order valence-corrected chi connectivity index (χ4v) is 3.92. The molecule has 0 spiro atoms. The van der Waals surface area contributed by atoms with Gasteiger partial charge in [0.15, 0.2) is 0 Å². The Morgan fingerprint density at radius 2 is 2.10 bits per heavy atom. The summed E-state index contributed by atoms with van der Waals surface area (Å²) in [4.78, 5) is 2.55. The molecular weight excluding hydrogens is 268 g/mol. The zero-order valence-corrected chi connectivity index (χ0v) is 12.8. The quantitative estimate of drug-likeness (QED) is 0.838. The SMILES string of the molecule is c1ccc2c(c1)CCOC2CNCCN1CCSCC1. The fourth-order valence-electron chi connectivity index (χ4n) is 2.94. The maximum absolute atomic E-state index is 5.92. The van der Waals surface area contributed by atoms with Gasteiger partial charge >= 0.3 is 0 Å². The lowest BCUT2D eigenvalue weighted by Gasteiger charge is -2.28. The summed E-state index contributed by atoms with van der Waals surface area (Å²) < 4.78 is 5.92. The van der Waals surface area contributed by atoms with E-state index in [0.717, 1.165) is 32.7 Å². The van der Waals surface area contributed by atoms with Gasteiger partial charge in [-0.3, -0.25) is 0 Å². The van der Waals surface area contributed by atoms with Crippen LogP contribution < -0.4 is 5.32 Å². The lowest BCUT2D eigenvalue weighted by atomic mass is 9.97. The molecule has 0 aliphatic carbocycles. The summed E-state index contributed by atoms with van der Waals surface area (Å²) >= 11 is 2.07. The highest BCUT2D eigenvalue weighted by molar-refractivity contribution is 7.99. The largest absolute Gasteiger partial charge is 0.372 e.